The number of nitrogens with one attached hydrogen (secondary N) is 2. The second kappa shape index (κ2) is 6.19. The molecule has 0 saturated heterocycles. The Morgan fingerprint density at radius 3 is 2.79 bits per heavy atom. The molecular formula is C13H17N3O3. The van der Waals surface area contributed by atoms with Gasteiger partial charge in [-0.25, -0.2) is 0 Å². The molecule has 1 aromatic rings. The van der Waals surface area contributed by atoms with E-state index in [1.165, 1.54) is 0 Å². The lowest BCUT2D eigenvalue weighted by Gasteiger charge is -2.12. The molecule has 0 radical (unpaired) electrons. The number of hydrogen-bond donors (Lipinski definition) is 3. The van der Waals surface area contributed by atoms with E-state index in [-0.39, 0.29) is 31.0 Å². The van der Waals surface area contributed by atoms with Gasteiger partial charge in [-0.05, 0) is 11.6 Å². The monoisotopic (exact) mass is 263 g/mol. The molecule has 2 amide bonds. The molecular weight excluding hydrogens is 246 g/mol. The molecule has 1 atom stereocenters. The van der Waals surface area contributed by atoms with Gasteiger partial charge in [0.25, 0.3) is 0 Å². The predicted molar refractivity (Wildman–Crippen MR) is 69.6 cm³/mol. The maximum Gasteiger partial charge on any atom is 0.239 e. The van der Waals surface area contributed by atoms with Gasteiger partial charge in [0.15, 0.2) is 0 Å². The first-order valence-electron chi connectivity index (χ1n) is 6.17. The molecule has 1 aromatic carbocycles. The summed E-state index contributed by atoms with van der Waals surface area (Å²) in [5.41, 5.74) is 6.27. The van der Waals surface area contributed by atoms with Crippen LogP contribution in [0.15, 0.2) is 24.3 Å². The number of carbonyl (C=O) groups is 2. The smallest absolute Gasteiger partial charge is 0.239 e. The van der Waals surface area contributed by atoms with Crippen LogP contribution in [-0.2, 0) is 16.0 Å². The zero-order valence-corrected chi connectivity index (χ0v) is 10.5. The second-order valence-corrected chi connectivity index (χ2v) is 4.34. The highest BCUT2D eigenvalue weighted by molar-refractivity contribution is 5.85. The SMILES string of the molecule is NCC(=O)NCC(=O)NCC1Cc2ccccc2O1. The topological polar surface area (TPSA) is 93.5 Å². The number of carbonyl (C=O) groups excluding carboxylic acids is 2. The van der Waals surface area contributed by atoms with E-state index in [2.05, 4.69) is 10.6 Å². The Kier molecular flexibility index (Phi) is 4.35. The third kappa shape index (κ3) is 3.69. The summed E-state index contributed by atoms with van der Waals surface area (Å²) in [4.78, 5) is 22.4. The quantitative estimate of drug-likeness (QED) is 0.647. The zero-order valence-electron chi connectivity index (χ0n) is 10.5. The van der Waals surface area contributed by atoms with E-state index in [4.69, 9.17) is 10.5 Å². The van der Waals surface area contributed by atoms with Gasteiger partial charge >= 0.3 is 0 Å². The first-order valence-corrected chi connectivity index (χ1v) is 6.17. The van der Waals surface area contributed by atoms with E-state index in [1.807, 2.05) is 24.3 Å². The molecule has 0 aromatic heterocycles. The summed E-state index contributed by atoms with van der Waals surface area (Å²) in [6.07, 6.45) is 0.734. The third-order valence-corrected chi connectivity index (χ3v) is 2.87. The number of rotatable bonds is 5. The lowest BCUT2D eigenvalue weighted by molar-refractivity contribution is -0.125. The number of amides is 2. The Bertz CT molecular complexity index is 451. The highest BCUT2D eigenvalue weighted by Crippen LogP contribution is 2.27. The van der Waals surface area contributed by atoms with Crippen LogP contribution in [0.3, 0.4) is 0 Å². The predicted octanol–water partition coefficient (Wildman–Crippen LogP) is -0.819. The van der Waals surface area contributed by atoms with Gasteiger partial charge in [0.2, 0.25) is 11.8 Å². The zero-order chi connectivity index (χ0) is 13.7. The van der Waals surface area contributed by atoms with Gasteiger partial charge in [-0.3, -0.25) is 9.59 Å². The van der Waals surface area contributed by atoms with E-state index < -0.39 is 0 Å². The molecule has 2 rings (SSSR count). The Morgan fingerprint density at radius 2 is 2.05 bits per heavy atom. The summed E-state index contributed by atoms with van der Waals surface area (Å²) in [5, 5.41) is 5.13. The van der Waals surface area contributed by atoms with Gasteiger partial charge < -0.3 is 21.1 Å². The van der Waals surface area contributed by atoms with Crippen molar-refractivity contribution in [2.45, 2.75) is 12.5 Å². The first kappa shape index (κ1) is 13.4. The molecule has 1 aliphatic heterocycles. The van der Waals surface area contributed by atoms with Crippen LogP contribution in [0.4, 0.5) is 0 Å². The van der Waals surface area contributed by atoms with Crippen molar-refractivity contribution in [3.05, 3.63) is 29.8 Å². The minimum absolute atomic E-state index is 0.0495. The summed E-state index contributed by atoms with van der Waals surface area (Å²) in [7, 11) is 0. The fourth-order valence-corrected chi connectivity index (χ4v) is 1.91. The normalized spacial score (nSPS) is 16.4. The van der Waals surface area contributed by atoms with E-state index in [1.54, 1.807) is 0 Å². The number of hydrogen-bond acceptors (Lipinski definition) is 4. The van der Waals surface area contributed by atoms with E-state index in [9.17, 15) is 9.59 Å². The maximum absolute atomic E-state index is 11.5. The van der Waals surface area contributed by atoms with Crippen LogP contribution in [0.25, 0.3) is 0 Å². The van der Waals surface area contributed by atoms with Crippen molar-refractivity contribution in [1.29, 1.82) is 0 Å². The second-order valence-electron chi connectivity index (χ2n) is 4.34. The molecule has 1 unspecified atom stereocenters. The Labute approximate surface area is 111 Å². The Balaban J connectivity index is 1.70. The van der Waals surface area contributed by atoms with Gasteiger partial charge in [-0.15, -0.1) is 0 Å². The molecule has 1 aliphatic rings. The van der Waals surface area contributed by atoms with E-state index >= 15 is 0 Å². The summed E-state index contributed by atoms with van der Waals surface area (Å²) >= 11 is 0. The van der Waals surface area contributed by atoms with Crippen molar-refractivity contribution in [3.63, 3.8) is 0 Å². The molecule has 19 heavy (non-hydrogen) atoms. The summed E-state index contributed by atoms with van der Waals surface area (Å²) in [6, 6.07) is 7.81. The standard InChI is InChI=1S/C13H17N3O3/c14-6-12(17)16-8-13(18)15-7-10-5-9-3-1-2-4-11(9)19-10/h1-4,10H,5-8,14H2,(H,15,18)(H,16,17). The molecule has 0 saturated carbocycles. The average Bonchev–Trinajstić information content (AvgIpc) is 2.85. The fourth-order valence-electron chi connectivity index (χ4n) is 1.91. The van der Waals surface area contributed by atoms with Crippen LogP contribution in [0.1, 0.15) is 5.56 Å². The third-order valence-electron chi connectivity index (χ3n) is 2.87. The molecule has 102 valence electrons. The number of fused-ring (bicyclic) bond motifs is 1. The largest absolute Gasteiger partial charge is 0.488 e. The van der Waals surface area contributed by atoms with E-state index in [0.717, 1.165) is 17.7 Å². The molecule has 0 spiro atoms. The van der Waals surface area contributed by atoms with Gasteiger partial charge in [-0.1, -0.05) is 18.2 Å². The molecule has 1 heterocycles. The van der Waals surface area contributed by atoms with Crippen LogP contribution in [0, 0.1) is 0 Å². The molecule has 0 aliphatic carbocycles. The Hall–Kier alpha value is -2.08. The minimum Gasteiger partial charge on any atom is -0.488 e. The minimum atomic E-state index is -0.348. The van der Waals surface area contributed by atoms with Crippen LogP contribution in [0.2, 0.25) is 0 Å². The molecule has 0 bridgehead atoms. The van der Waals surface area contributed by atoms with Gasteiger partial charge in [0, 0.05) is 6.42 Å². The number of benzene rings is 1. The Morgan fingerprint density at radius 1 is 1.26 bits per heavy atom. The van der Waals surface area contributed by atoms with Crippen molar-refractivity contribution in [3.8, 4) is 5.75 Å². The van der Waals surface area contributed by atoms with Crippen LogP contribution in [-0.4, -0.2) is 37.6 Å². The maximum atomic E-state index is 11.5. The molecule has 4 N–H and O–H groups in total. The molecule has 6 heteroatoms. The van der Waals surface area contributed by atoms with E-state index in [0.29, 0.717) is 6.54 Å². The number of ether oxygens (including phenoxy) is 1. The van der Waals surface area contributed by atoms with Crippen LogP contribution < -0.4 is 21.1 Å². The molecule has 6 nitrogen and oxygen atoms in total. The summed E-state index contributed by atoms with van der Waals surface area (Å²) in [5.74, 6) is 0.277. The summed E-state index contributed by atoms with van der Waals surface area (Å²) in [6.45, 7) is 0.246. The number of nitrogens with two attached hydrogens (primary N) is 1. The first-order chi connectivity index (χ1) is 9.19. The van der Waals surface area contributed by atoms with Crippen LogP contribution >= 0.6 is 0 Å². The highest BCUT2D eigenvalue weighted by atomic mass is 16.5. The average molecular weight is 263 g/mol. The molecule has 0 fully saturated rings. The van der Waals surface area contributed by atoms with Crippen molar-refractivity contribution in [1.82, 2.24) is 10.6 Å². The number of para-hydroxylation sites is 1. The fraction of sp³-hybridized carbons (Fsp3) is 0.385. The van der Waals surface area contributed by atoms with Crippen molar-refractivity contribution in [2.75, 3.05) is 19.6 Å². The van der Waals surface area contributed by atoms with Crippen molar-refractivity contribution in [2.24, 2.45) is 5.73 Å². The van der Waals surface area contributed by atoms with Crippen molar-refractivity contribution >= 4 is 11.8 Å². The highest BCUT2D eigenvalue weighted by Gasteiger charge is 2.22. The van der Waals surface area contributed by atoms with Gasteiger partial charge in [0.1, 0.15) is 11.9 Å². The lowest BCUT2D eigenvalue weighted by atomic mass is 10.1. The van der Waals surface area contributed by atoms with Gasteiger partial charge in [0.05, 0.1) is 19.6 Å². The summed E-state index contributed by atoms with van der Waals surface area (Å²) < 4.78 is 5.68. The van der Waals surface area contributed by atoms with Gasteiger partial charge in [-0.2, -0.15) is 0 Å². The van der Waals surface area contributed by atoms with Crippen LogP contribution in [0.5, 0.6) is 5.75 Å². The van der Waals surface area contributed by atoms with Crippen molar-refractivity contribution < 1.29 is 14.3 Å². The lowest BCUT2D eigenvalue weighted by Crippen LogP contribution is -2.42.